The highest BCUT2D eigenvalue weighted by molar-refractivity contribution is 7.89. The van der Waals surface area contributed by atoms with Gasteiger partial charge in [0, 0.05) is 24.4 Å². The van der Waals surface area contributed by atoms with Gasteiger partial charge in [0.05, 0.1) is 21.0 Å². The van der Waals surface area contributed by atoms with Gasteiger partial charge in [0.2, 0.25) is 10.0 Å². The number of carbonyl (C=O) groups excluding carboxylic acids is 1. The largest absolute Gasteiger partial charge is 0.377 e. The third-order valence-electron chi connectivity index (χ3n) is 4.13. The SMILES string of the molecule is O=C(Nc1ccc(S(=O)(=O)NCC2CCCO2)cc1)c1ccc(Cl)c(Cl)c1. The molecule has 0 saturated carbocycles. The number of hydrogen-bond donors (Lipinski definition) is 2. The van der Waals surface area contributed by atoms with E-state index in [1.165, 1.54) is 36.4 Å². The molecule has 1 aliphatic rings. The first-order valence-electron chi connectivity index (χ1n) is 8.33. The first-order valence-corrected chi connectivity index (χ1v) is 10.6. The average Bonchev–Trinajstić information content (AvgIpc) is 3.16. The topological polar surface area (TPSA) is 84.5 Å². The van der Waals surface area contributed by atoms with Crippen LogP contribution in [0, 0.1) is 0 Å². The zero-order valence-electron chi connectivity index (χ0n) is 14.2. The summed E-state index contributed by atoms with van der Waals surface area (Å²) >= 11 is 11.8. The molecule has 1 unspecified atom stereocenters. The van der Waals surface area contributed by atoms with Crippen LogP contribution in [0.25, 0.3) is 0 Å². The first-order chi connectivity index (χ1) is 12.8. The molecule has 3 rings (SSSR count). The van der Waals surface area contributed by atoms with Gasteiger partial charge < -0.3 is 10.1 Å². The molecule has 0 spiro atoms. The fourth-order valence-electron chi connectivity index (χ4n) is 2.65. The molecule has 1 fully saturated rings. The Morgan fingerprint density at radius 1 is 1.11 bits per heavy atom. The normalized spacial score (nSPS) is 17.0. The van der Waals surface area contributed by atoms with Crippen molar-refractivity contribution in [2.24, 2.45) is 0 Å². The highest BCUT2D eigenvalue weighted by Gasteiger charge is 2.20. The van der Waals surface area contributed by atoms with Gasteiger partial charge in [-0.3, -0.25) is 4.79 Å². The van der Waals surface area contributed by atoms with Crippen LogP contribution >= 0.6 is 23.2 Å². The second-order valence-electron chi connectivity index (χ2n) is 6.09. The second-order valence-corrected chi connectivity index (χ2v) is 8.68. The van der Waals surface area contributed by atoms with Crippen LogP contribution in [0.15, 0.2) is 47.4 Å². The lowest BCUT2D eigenvalue weighted by Crippen LogP contribution is -2.31. The molecule has 1 atom stereocenters. The number of carbonyl (C=O) groups is 1. The van der Waals surface area contributed by atoms with Crippen LogP contribution in [0.2, 0.25) is 10.0 Å². The van der Waals surface area contributed by atoms with Gasteiger partial charge in [0.25, 0.3) is 5.91 Å². The van der Waals surface area contributed by atoms with Crippen molar-refractivity contribution in [2.75, 3.05) is 18.5 Å². The fraction of sp³-hybridized carbons (Fsp3) is 0.278. The number of halogens is 2. The quantitative estimate of drug-likeness (QED) is 0.734. The van der Waals surface area contributed by atoms with Crippen molar-refractivity contribution in [2.45, 2.75) is 23.8 Å². The first kappa shape index (κ1) is 20.1. The van der Waals surface area contributed by atoms with Crippen molar-refractivity contribution in [3.63, 3.8) is 0 Å². The van der Waals surface area contributed by atoms with Crippen LogP contribution in [0.1, 0.15) is 23.2 Å². The van der Waals surface area contributed by atoms with Crippen LogP contribution < -0.4 is 10.0 Å². The number of anilines is 1. The molecule has 1 heterocycles. The molecule has 0 aliphatic carbocycles. The van der Waals surface area contributed by atoms with E-state index in [9.17, 15) is 13.2 Å². The van der Waals surface area contributed by atoms with Crippen LogP contribution in [-0.2, 0) is 14.8 Å². The van der Waals surface area contributed by atoms with Crippen LogP contribution in [-0.4, -0.2) is 33.6 Å². The Labute approximate surface area is 167 Å². The zero-order chi connectivity index (χ0) is 19.4. The van der Waals surface area contributed by atoms with Gasteiger partial charge in [-0.1, -0.05) is 23.2 Å². The molecule has 0 bridgehead atoms. The fourth-order valence-corrected chi connectivity index (χ4v) is 4.01. The highest BCUT2D eigenvalue weighted by Crippen LogP contribution is 2.23. The predicted molar refractivity (Wildman–Crippen MR) is 105 cm³/mol. The average molecular weight is 429 g/mol. The molecular weight excluding hydrogens is 411 g/mol. The van der Waals surface area contributed by atoms with Crippen LogP contribution in [0.3, 0.4) is 0 Å². The zero-order valence-corrected chi connectivity index (χ0v) is 16.6. The van der Waals surface area contributed by atoms with E-state index < -0.39 is 10.0 Å². The minimum atomic E-state index is -3.63. The lowest BCUT2D eigenvalue weighted by atomic mass is 10.2. The maximum atomic E-state index is 12.3. The molecule has 27 heavy (non-hydrogen) atoms. The maximum absolute atomic E-state index is 12.3. The Morgan fingerprint density at radius 2 is 1.85 bits per heavy atom. The standard InChI is InChI=1S/C18H18Cl2N2O4S/c19-16-8-3-12(10-17(16)20)18(23)22-13-4-6-15(7-5-13)27(24,25)21-11-14-2-1-9-26-14/h3-8,10,14,21H,1-2,9,11H2,(H,22,23). The van der Waals surface area contributed by atoms with E-state index in [1.54, 1.807) is 6.07 Å². The summed E-state index contributed by atoms with van der Waals surface area (Å²) < 4.78 is 32.6. The van der Waals surface area contributed by atoms with E-state index in [4.69, 9.17) is 27.9 Å². The van der Waals surface area contributed by atoms with Crippen molar-refractivity contribution < 1.29 is 17.9 Å². The summed E-state index contributed by atoms with van der Waals surface area (Å²) in [5, 5.41) is 3.32. The molecule has 0 aromatic heterocycles. The van der Waals surface area contributed by atoms with E-state index in [1.807, 2.05) is 0 Å². The summed E-state index contributed by atoms with van der Waals surface area (Å²) in [6.45, 7) is 0.914. The summed E-state index contributed by atoms with van der Waals surface area (Å²) in [5.41, 5.74) is 0.809. The van der Waals surface area contributed by atoms with Crippen molar-refractivity contribution in [3.05, 3.63) is 58.1 Å². The molecule has 9 heteroatoms. The summed E-state index contributed by atoms with van der Waals surface area (Å²) in [6, 6.07) is 10.5. The van der Waals surface area contributed by atoms with E-state index in [2.05, 4.69) is 10.0 Å². The number of rotatable bonds is 6. The third-order valence-corrected chi connectivity index (χ3v) is 6.31. The number of hydrogen-bond acceptors (Lipinski definition) is 4. The Bertz CT molecular complexity index is 927. The van der Waals surface area contributed by atoms with Gasteiger partial charge in [-0.2, -0.15) is 0 Å². The monoisotopic (exact) mass is 428 g/mol. The molecule has 1 aliphatic heterocycles. The number of benzene rings is 2. The molecule has 2 aromatic carbocycles. The number of sulfonamides is 1. The maximum Gasteiger partial charge on any atom is 0.255 e. The molecule has 144 valence electrons. The van der Waals surface area contributed by atoms with Crippen molar-refractivity contribution in [3.8, 4) is 0 Å². The Hall–Kier alpha value is -1.64. The number of nitrogens with one attached hydrogen (secondary N) is 2. The number of amides is 1. The summed E-state index contributed by atoms with van der Waals surface area (Å²) in [4.78, 5) is 12.4. The molecule has 1 saturated heterocycles. The van der Waals surface area contributed by atoms with Gasteiger partial charge in [-0.25, -0.2) is 13.1 Å². The Balaban J connectivity index is 1.63. The van der Waals surface area contributed by atoms with Gasteiger partial charge in [-0.15, -0.1) is 0 Å². The Morgan fingerprint density at radius 3 is 2.48 bits per heavy atom. The van der Waals surface area contributed by atoms with Gasteiger partial charge in [-0.05, 0) is 55.3 Å². The van der Waals surface area contributed by atoms with Gasteiger partial charge in [0.15, 0.2) is 0 Å². The minimum Gasteiger partial charge on any atom is -0.377 e. The summed E-state index contributed by atoms with van der Waals surface area (Å²) in [5.74, 6) is -0.374. The lowest BCUT2D eigenvalue weighted by molar-refractivity contribution is 0.102. The van der Waals surface area contributed by atoms with E-state index in [0.717, 1.165) is 12.8 Å². The molecule has 1 amide bonds. The smallest absolute Gasteiger partial charge is 0.255 e. The van der Waals surface area contributed by atoms with Crippen molar-refractivity contribution >= 4 is 44.8 Å². The molecule has 2 aromatic rings. The van der Waals surface area contributed by atoms with Gasteiger partial charge in [0.1, 0.15) is 0 Å². The van der Waals surface area contributed by atoms with Gasteiger partial charge >= 0.3 is 0 Å². The van der Waals surface area contributed by atoms with Crippen LogP contribution in [0.4, 0.5) is 5.69 Å². The highest BCUT2D eigenvalue weighted by atomic mass is 35.5. The summed E-state index contributed by atoms with van der Waals surface area (Å²) in [7, 11) is -3.63. The molecule has 2 N–H and O–H groups in total. The number of ether oxygens (including phenoxy) is 1. The second kappa shape index (κ2) is 8.58. The summed E-state index contributed by atoms with van der Waals surface area (Å²) in [6.07, 6.45) is 1.71. The van der Waals surface area contributed by atoms with Crippen molar-refractivity contribution in [1.29, 1.82) is 0 Å². The lowest BCUT2D eigenvalue weighted by Gasteiger charge is -2.12. The molecule has 0 radical (unpaired) electrons. The predicted octanol–water partition coefficient (Wildman–Crippen LogP) is 3.70. The molecular formula is C18H18Cl2N2O4S. The van der Waals surface area contributed by atoms with E-state index >= 15 is 0 Å². The minimum absolute atomic E-state index is 0.0791. The van der Waals surface area contributed by atoms with E-state index in [0.29, 0.717) is 22.9 Å². The van der Waals surface area contributed by atoms with E-state index in [-0.39, 0.29) is 28.5 Å². The molecule has 6 nitrogen and oxygen atoms in total. The van der Waals surface area contributed by atoms with Crippen LogP contribution in [0.5, 0.6) is 0 Å². The van der Waals surface area contributed by atoms with Crippen molar-refractivity contribution in [1.82, 2.24) is 4.72 Å². The third kappa shape index (κ3) is 5.21. The Kier molecular flexibility index (Phi) is 6.39.